The molecule has 0 unspecified atom stereocenters. The summed E-state index contributed by atoms with van der Waals surface area (Å²) in [4.78, 5) is 0. The predicted octanol–water partition coefficient (Wildman–Crippen LogP) is 0.363. The van der Waals surface area contributed by atoms with E-state index in [0.717, 1.165) is 32.2 Å². The first kappa shape index (κ1) is 8.96. The predicted molar refractivity (Wildman–Crippen MR) is 41.4 cm³/mol. The van der Waals surface area contributed by atoms with Crippen molar-refractivity contribution in [2.45, 2.75) is 19.3 Å². The second-order valence-electron chi connectivity index (χ2n) is 2.77. The Morgan fingerprint density at radius 1 is 1.18 bits per heavy atom. The maximum Gasteiger partial charge on any atom is 0.280 e. The molecule has 0 aliphatic carbocycles. The van der Waals surface area contributed by atoms with Crippen molar-refractivity contribution in [1.82, 2.24) is 5.06 Å². The van der Waals surface area contributed by atoms with Crippen molar-refractivity contribution >= 4 is 10.1 Å². The first-order chi connectivity index (χ1) is 5.08. The van der Waals surface area contributed by atoms with Crippen LogP contribution in [0.2, 0.25) is 0 Å². The second-order valence-corrected chi connectivity index (χ2v) is 4.33. The standard InChI is InChI=1S/C6H13NO3S/c1-11(8,9)10-7-5-3-2-4-6-7/h2-6H2,1H3. The Balaban J connectivity index is 2.36. The number of hydrogen-bond acceptors (Lipinski definition) is 4. The molecule has 5 heteroatoms. The maximum absolute atomic E-state index is 10.6. The number of nitrogens with zero attached hydrogens (tertiary/aromatic N) is 1. The van der Waals surface area contributed by atoms with Gasteiger partial charge in [0, 0.05) is 13.1 Å². The lowest BCUT2D eigenvalue weighted by Gasteiger charge is -2.23. The number of hydrogen-bond donors (Lipinski definition) is 0. The van der Waals surface area contributed by atoms with Gasteiger partial charge in [0.05, 0.1) is 6.26 Å². The van der Waals surface area contributed by atoms with Gasteiger partial charge in [0.25, 0.3) is 10.1 Å². The largest absolute Gasteiger partial charge is 0.280 e. The summed E-state index contributed by atoms with van der Waals surface area (Å²) in [5.74, 6) is 0. The van der Waals surface area contributed by atoms with Crippen LogP contribution in [0.25, 0.3) is 0 Å². The van der Waals surface area contributed by atoms with Crippen molar-refractivity contribution in [3.63, 3.8) is 0 Å². The number of hydroxylamine groups is 2. The molecule has 0 aromatic carbocycles. The summed E-state index contributed by atoms with van der Waals surface area (Å²) in [6.07, 6.45) is 4.29. The van der Waals surface area contributed by atoms with Crippen molar-refractivity contribution in [2.75, 3.05) is 19.3 Å². The lowest BCUT2D eigenvalue weighted by Crippen LogP contribution is -2.31. The molecule has 1 aliphatic heterocycles. The van der Waals surface area contributed by atoms with E-state index in [-0.39, 0.29) is 0 Å². The zero-order valence-electron chi connectivity index (χ0n) is 6.62. The molecule has 0 aromatic heterocycles. The van der Waals surface area contributed by atoms with Crippen LogP contribution < -0.4 is 0 Å². The van der Waals surface area contributed by atoms with Crippen LogP contribution in [0.5, 0.6) is 0 Å². The zero-order chi connectivity index (χ0) is 8.32. The van der Waals surface area contributed by atoms with Crippen molar-refractivity contribution in [2.24, 2.45) is 0 Å². The molecule has 1 fully saturated rings. The molecular weight excluding hydrogens is 166 g/mol. The Kier molecular flexibility index (Phi) is 2.86. The molecule has 0 spiro atoms. The molecule has 66 valence electrons. The smallest absolute Gasteiger partial charge is 0.198 e. The highest BCUT2D eigenvalue weighted by Crippen LogP contribution is 2.09. The average molecular weight is 179 g/mol. The van der Waals surface area contributed by atoms with Gasteiger partial charge < -0.3 is 0 Å². The van der Waals surface area contributed by atoms with E-state index in [1.165, 1.54) is 11.5 Å². The first-order valence-electron chi connectivity index (χ1n) is 3.72. The van der Waals surface area contributed by atoms with Gasteiger partial charge in [-0.25, -0.2) is 0 Å². The van der Waals surface area contributed by atoms with Crippen LogP contribution in [-0.2, 0) is 14.4 Å². The average Bonchev–Trinajstić information content (AvgIpc) is 1.85. The van der Waals surface area contributed by atoms with Crippen LogP contribution in [0.15, 0.2) is 0 Å². The molecule has 0 bridgehead atoms. The van der Waals surface area contributed by atoms with Gasteiger partial charge >= 0.3 is 0 Å². The molecule has 0 amide bonds. The summed E-state index contributed by atoms with van der Waals surface area (Å²) in [7, 11) is -3.30. The molecule has 0 radical (unpaired) electrons. The Labute approximate surface area is 67.2 Å². The number of rotatable bonds is 2. The molecule has 0 saturated carbocycles. The molecule has 1 aliphatic rings. The van der Waals surface area contributed by atoms with Crippen LogP contribution in [0.4, 0.5) is 0 Å². The third-order valence-corrected chi connectivity index (χ3v) is 2.04. The normalized spacial score (nSPS) is 21.9. The van der Waals surface area contributed by atoms with Crippen LogP contribution >= 0.6 is 0 Å². The fourth-order valence-electron chi connectivity index (χ4n) is 1.13. The van der Waals surface area contributed by atoms with Crippen molar-refractivity contribution in [3.05, 3.63) is 0 Å². The van der Waals surface area contributed by atoms with Gasteiger partial charge in [-0.1, -0.05) is 6.42 Å². The highest BCUT2D eigenvalue weighted by molar-refractivity contribution is 7.85. The van der Waals surface area contributed by atoms with Crippen molar-refractivity contribution < 1.29 is 12.7 Å². The van der Waals surface area contributed by atoms with Gasteiger partial charge in [-0.2, -0.15) is 17.8 Å². The van der Waals surface area contributed by atoms with Gasteiger partial charge in [-0.15, -0.1) is 0 Å². The lowest BCUT2D eigenvalue weighted by atomic mass is 10.2. The van der Waals surface area contributed by atoms with E-state index in [1.54, 1.807) is 0 Å². The van der Waals surface area contributed by atoms with E-state index < -0.39 is 10.1 Å². The van der Waals surface area contributed by atoms with Gasteiger partial charge in [-0.3, -0.25) is 0 Å². The molecule has 11 heavy (non-hydrogen) atoms. The van der Waals surface area contributed by atoms with Crippen LogP contribution in [0.1, 0.15) is 19.3 Å². The molecule has 1 rings (SSSR count). The summed E-state index contributed by atoms with van der Waals surface area (Å²) in [6.45, 7) is 1.46. The maximum atomic E-state index is 10.6. The summed E-state index contributed by atoms with van der Waals surface area (Å²) >= 11 is 0. The molecule has 1 saturated heterocycles. The third kappa shape index (κ3) is 3.69. The van der Waals surface area contributed by atoms with E-state index >= 15 is 0 Å². The summed E-state index contributed by atoms with van der Waals surface area (Å²) in [6, 6.07) is 0. The topological polar surface area (TPSA) is 46.6 Å². The SMILES string of the molecule is CS(=O)(=O)ON1CCCCC1. The minimum Gasteiger partial charge on any atom is -0.198 e. The molecular formula is C6H13NO3S. The minimum atomic E-state index is -3.30. The Bertz CT molecular complexity index is 206. The summed E-state index contributed by atoms with van der Waals surface area (Å²) < 4.78 is 26.0. The second kappa shape index (κ2) is 3.51. The van der Waals surface area contributed by atoms with Crippen molar-refractivity contribution in [3.8, 4) is 0 Å². The minimum absolute atomic E-state index is 0.729. The van der Waals surface area contributed by atoms with E-state index in [2.05, 4.69) is 4.28 Å². The van der Waals surface area contributed by atoms with Crippen molar-refractivity contribution in [1.29, 1.82) is 0 Å². The fraction of sp³-hybridized carbons (Fsp3) is 1.00. The highest BCUT2D eigenvalue weighted by atomic mass is 32.2. The molecule has 1 heterocycles. The Morgan fingerprint density at radius 3 is 2.18 bits per heavy atom. The molecule has 0 N–H and O–H groups in total. The summed E-state index contributed by atoms with van der Waals surface area (Å²) in [5.41, 5.74) is 0. The zero-order valence-corrected chi connectivity index (χ0v) is 7.43. The van der Waals surface area contributed by atoms with E-state index in [0.29, 0.717) is 0 Å². The van der Waals surface area contributed by atoms with E-state index in [1.807, 2.05) is 0 Å². The van der Waals surface area contributed by atoms with Gasteiger partial charge in [0.2, 0.25) is 0 Å². The first-order valence-corrected chi connectivity index (χ1v) is 5.54. The fourth-order valence-corrected chi connectivity index (χ4v) is 1.66. The van der Waals surface area contributed by atoms with E-state index in [9.17, 15) is 8.42 Å². The Morgan fingerprint density at radius 2 is 1.73 bits per heavy atom. The van der Waals surface area contributed by atoms with Gasteiger partial charge in [-0.05, 0) is 12.8 Å². The third-order valence-electron chi connectivity index (χ3n) is 1.56. The lowest BCUT2D eigenvalue weighted by molar-refractivity contribution is -0.0645. The summed E-state index contributed by atoms with van der Waals surface area (Å²) in [5, 5.41) is 1.51. The quantitative estimate of drug-likeness (QED) is 0.614. The molecule has 0 aromatic rings. The number of piperidine rings is 1. The monoisotopic (exact) mass is 179 g/mol. The Hall–Kier alpha value is -0.130. The molecule has 4 nitrogen and oxygen atoms in total. The molecule has 0 atom stereocenters. The highest BCUT2D eigenvalue weighted by Gasteiger charge is 2.14. The van der Waals surface area contributed by atoms with Crippen LogP contribution in [0, 0.1) is 0 Å². The van der Waals surface area contributed by atoms with Gasteiger partial charge in [0.1, 0.15) is 0 Å². The van der Waals surface area contributed by atoms with Gasteiger partial charge in [0.15, 0.2) is 0 Å². The van der Waals surface area contributed by atoms with Crippen LogP contribution in [0.3, 0.4) is 0 Å². The van der Waals surface area contributed by atoms with Crippen LogP contribution in [-0.4, -0.2) is 32.8 Å². The van der Waals surface area contributed by atoms with E-state index in [4.69, 9.17) is 0 Å².